The van der Waals surface area contributed by atoms with Crippen molar-refractivity contribution >= 4 is 17.6 Å². The summed E-state index contributed by atoms with van der Waals surface area (Å²) in [5, 5.41) is 13.8. The highest BCUT2D eigenvalue weighted by molar-refractivity contribution is 5.96. The summed E-state index contributed by atoms with van der Waals surface area (Å²) in [5.41, 5.74) is 7.13. The number of carboxylic acids is 1. The molecule has 0 unspecified atom stereocenters. The Kier molecular flexibility index (Phi) is 8.25. The molecule has 0 aliphatic carbocycles. The van der Waals surface area contributed by atoms with Crippen LogP contribution in [-0.2, 0) is 16.1 Å². The molecule has 16 heteroatoms. The number of amides is 1. The number of rotatable bonds is 5. The summed E-state index contributed by atoms with van der Waals surface area (Å²) in [6, 6.07) is 7.20. The summed E-state index contributed by atoms with van der Waals surface area (Å²) in [4.78, 5) is 37.4. The molecule has 1 aromatic carbocycles. The fourth-order valence-electron chi connectivity index (χ4n) is 3.21. The Balaban J connectivity index is 0.000000505. The zero-order valence-corrected chi connectivity index (χ0v) is 19.4. The molecule has 2 aromatic heterocycles. The van der Waals surface area contributed by atoms with E-state index in [0.29, 0.717) is 22.8 Å². The number of pyridine rings is 1. The van der Waals surface area contributed by atoms with E-state index in [2.05, 4.69) is 15.4 Å². The maximum Gasteiger partial charge on any atom is 0.490 e. The van der Waals surface area contributed by atoms with Crippen molar-refractivity contribution in [1.29, 1.82) is 0 Å². The highest BCUT2D eigenvalue weighted by atomic mass is 19.4. The number of aliphatic carboxylic acids is 1. The van der Waals surface area contributed by atoms with Crippen LogP contribution in [0.5, 0.6) is 5.75 Å². The van der Waals surface area contributed by atoms with Crippen molar-refractivity contribution < 1.29 is 41.4 Å². The van der Waals surface area contributed by atoms with Gasteiger partial charge in [0.15, 0.2) is 6.61 Å². The topological polar surface area (TPSA) is 154 Å². The van der Waals surface area contributed by atoms with Crippen LogP contribution in [0.4, 0.5) is 27.6 Å². The Morgan fingerprint density at radius 1 is 1.21 bits per heavy atom. The lowest BCUT2D eigenvalue weighted by atomic mass is 10.0. The number of halogens is 5. The van der Waals surface area contributed by atoms with Crippen molar-refractivity contribution in [3.63, 3.8) is 0 Å². The van der Waals surface area contributed by atoms with Gasteiger partial charge in [0.2, 0.25) is 0 Å². The van der Waals surface area contributed by atoms with Crippen LogP contribution in [0.15, 0.2) is 53.2 Å². The van der Waals surface area contributed by atoms with E-state index < -0.39 is 30.5 Å². The number of hydrogen-bond acceptors (Lipinski definition) is 7. The maximum atomic E-state index is 12.8. The number of nitrogens with one attached hydrogen (secondary N) is 1. The SMILES string of the molecule is Cc1cc(-c2ccc3c(c2)NC(=O)CO3)cnc1-n1cnn(CC(CN)=C(F)F)c1=O.O=C(O)C(F)(F)F. The second-order valence-corrected chi connectivity index (χ2v) is 7.72. The van der Waals surface area contributed by atoms with E-state index in [1.807, 2.05) is 12.1 Å². The second-order valence-electron chi connectivity index (χ2n) is 7.72. The van der Waals surface area contributed by atoms with Crippen molar-refractivity contribution in [2.75, 3.05) is 18.5 Å². The Morgan fingerprint density at radius 3 is 2.47 bits per heavy atom. The highest BCUT2D eigenvalue weighted by Gasteiger charge is 2.38. The molecule has 11 nitrogen and oxygen atoms in total. The number of carbonyl (C=O) groups is 2. The number of benzene rings is 1. The minimum Gasteiger partial charge on any atom is -0.482 e. The number of aromatic nitrogens is 4. The molecule has 0 spiro atoms. The van der Waals surface area contributed by atoms with E-state index >= 15 is 0 Å². The van der Waals surface area contributed by atoms with Crippen LogP contribution in [0.25, 0.3) is 16.9 Å². The zero-order valence-electron chi connectivity index (χ0n) is 19.4. The first-order chi connectivity index (χ1) is 17.8. The van der Waals surface area contributed by atoms with E-state index in [-0.39, 0.29) is 24.6 Å². The fourth-order valence-corrected chi connectivity index (χ4v) is 3.21. The van der Waals surface area contributed by atoms with Crippen LogP contribution in [0, 0.1) is 6.92 Å². The van der Waals surface area contributed by atoms with Crippen LogP contribution in [0.2, 0.25) is 0 Å². The number of fused-ring (bicyclic) bond motifs is 1. The lowest BCUT2D eigenvalue weighted by Crippen LogP contribution is -2.27. The summed E-state index contributed by atoms with van der Waals surface area (Å²) in [5.74, 6) is -2.08. The molecule has 0 radical (unpaired) electrons. The van der Waals surface area contributed by atoms with E-state index in [0.717, 1.165) is 15.8 Å². The molecule has 1 aliphatic heterocycles. The maximum absolute atomic E-state index is 12.8. The van der Waals surface area contributed by atoms with Crippen LogP contribution in [0.1, 0.15) is 5.56 Å². The highest BCUT2D eigenvalue weighted by Crippen LogP contribution is 2.33. The third-order valence-electron chi connectivity index (χ3n) is 5.05. The molecule has 202 valence electrons. The average molecular weight is 542 g/mol. The number of carbonyl (C=O) groups excluding carboxylic acids is 1. The number of anilines is 1. The van der Waals surface area contributed by atoms with Gasteiger partial charge in [-0.2, -0.15) is 27.1 Å². The number of ether oxygens (including phenoxy) is 1. The zero-order chi connectivity index (χ0) is 28.2. The van der Waals surface area contributed by atoms with Crippen LogP contribution in [0.3, 0.4) is 0 Å². The van der Waals surface area contributed by atoms with E-state index in [9.17, 15) is 31.5 Å². The average Bonchev–Trinajstić information content (AvgIpc) is 3.21. The number of carboxylic acid groups (broad SMARTS) is 1. The molecular formula is C22H19F5N6O5. The number of hydrogen-bond donors (Lipinski definition) is 3. The van der Waals surface area contributed by atoms with Crippen LogP contribution >= 0.6 is 0 Å². The van der Waals surface area contributed by atoms with Crippen LogP contribution in [-0.4, -0.2) is 55.6 Å². The molecule has 3 aromatic rings. The quantitative estimate of drug-likeness (QED) is 0.416. The van der Waals surface area contributed by atoms with Gasteiger partial charge in [0.05, 0.1) is 12.2 Å². The largest absolute Gasteiger partial charge is 0.490 e. The van der Waals surface area contributed by atoms with Crippen molar-refractivity contribution in [1.82, 2.24) is 19.3 Å². The molecular weight excluding hydrogens is 523 g/mol. The first-order valence-corrected chi connectivity index (χ1v) is 10.5. The van der Waals surface area contributed by atoms with Gasteiger partial charge in [-0.05, 0) is 36.2 Å². The lowest BCUT2D eigenvalue weighted by molar-refractivity contribution is -0.192. The Morgan fingerprint density at radius 2 is 1.89 bits per heavy atom. The molecule has 1 aliphatic rings. The minimum atomic E-state index is -5.08. The van der Waals surface area contributed by atoms with E-state index in [1.165, 1.54) is 10.9 Å². The summed E-state index contributed by atoms with van der Waals surface area (Å²) in [6.07, 6.45) is -4.20. The predicted octanol–water partition coefficient (Wildman–Crippen LogP) is 2.48. The molecule has 0 saturated carbocycles. The normalized spacial score (nSPS) is 12.4. The Bertz CT molecular complexity index is 1460. The number of nitrogens with two attached hydrogens (primary N) is 1. The summed E-state index contributed by atoms with van der Waals surface area (Å²) in [7, 11) is 0. The molecule has 3 heterocycles. The molecule has 0 bridgehead atoms. The molecule has 0 atom stereocenters. The van der Waals surface area contributed by atoms with Gasteiger partial charge in [-0.1, -0.05) is 6.07 Å². The number of nitrogens with zero attached hydrogens (tertiary/aromatic N) is 4. The molecule has 38 heavy (non-hydrogen) atoms. The van der Waals surface area contributed by atoms with Gasteiger partial charge in [-0.25, -0.2) is 23.8 Å². The first-order valence-electron chi connectivity index (χ1n) is 10.5. The summed E-state index contributed by atoms with van der Waals surface area (Å²) >= 11 is 0. The predicted molar refractivity (Wildman–Crippen MR) is 122 cm³/mol. The van der Waals surface area contributed by atoms with Gasteiger partial charge < -0.3 is 20.9 Å². The molecule has 0 fully saturated rings. The molecule has 0 saturated heterocycles. The van der Waals surface area contributed by atoms with Gasteiger partial charge in [0, 0.05) is 23.9 Å². The van der Waals surface area contributed by atoms with Gasteiger partial charge in [-0.3, -0.25) is 4.79 Å². The van der Waals surface area contributed by atoms with Crippen molar-refractivity contribution in [3.05, 3.63) is 64.5 Å². The van der Waals surface area contributed by atoms with Crippen molar-refractivity contribution in [3.8, 4) is 22.7 Å². The third-order valence-corrected chi connectivity index (χ3v) is 5.05. The Labute approximate surface area is 210 Å². The van der Waals surface area contributed by atoms with Crippen molar-refractivity contribution in [2.24, 2.45) is 5.73 Å². The molecule has 1 amide bonds. The molecule has 4 N–H and O–H groups in total. The minimum absolute atomic E-state index is 0.0231. The monoisotopic (exact) mass is 542 g/mol. The summed E-state index contributed by atoms with van der Waals surface area (Å²) < 4.78 is 64.9. The first kappa shape index (κ1) is 28.0. The number of aryl methyl sites for hydroxylation is 1. The standard InChI is InChI=1S/C20H18F2N6O3.C2HF3O2/c1-11-4-13(12-2-3-16-15(5-12)26-17(29)9-31-16)7-24-19(11)27-10-25-28(20(27)30)8-14(6-23)18(21)22;3-2(4,5)1(6)7/h2-5,7,10H,6,8-9,23H2,1H3,(H,26,29);(H,6,7). The smallest absolute Gasteiger partial charge is 0.482 e. The van der Waals surface area contributed by atoms with Gasteiger partial charge in [-0.15, -0.1) is 0 Å². The summed E-state index contributed by atoms with van der Waals surface area (Å²) in [6.45, 7) is 0.973. The van der Waals surface area contributed by atoms with Gasteiger partial charge in [0.1, 0.15) is 17.9 Å². The second kappa shape index (κ2) is 11.2. The third kappa shape index (κ3) is 6.39. The lowest BCUT2D eigenvalue weighted by Gasteiger charge is -2.18. The van der Waals surface area contributed by atoms with Crippen LogP contribution < -0.4 is 21.5 Å². The van der Waals surface area contributed by atoms with Crippen molar-refractivity contribution in [2.45, 2.75) is 19.6 Å². The van der Waals surface area contributed by atoms with E-state index in [1.54, 1.807) is 25.3 Å². The Hall–Kier alpha value is -4.60. The van der Waals surface area contributed by atoms with Gasteiger partial charge in [0.25, 0.3) is 12.0 Å². The van der Waals surface area contributed by atoms with Gasteiger partial charge >= 0.3 is 17.8 Å². The van der Waals surface area contributed by atoms with E-state index in [4.69, 9.17) is 20.4 Å². The number of alkyl halides is 3. The molecule has 4 rings (SSSR count). The fraction of sp³-hybridized carbons (Fsp3) is 0.227.